The van der Waals surface area contributed by atoms with Crippen molar-refractivity contribution in [3.05, 3.63) is 40.9 Å². The highest BCUT2D eigenvalue weighted by Gasteiger charge is 2.37. The van der Waals surface area contributed by atoms with Crippen LogP contribution in [0.3, 0.4) is 0 Å². The first-order valence-corrected chi connectivity index (χ1v) is 12.3. The quantitative estimate of drug-likeness (QED) is 0.717. The van der Waals surface area contributed by atoms with Crippen LogP contribution in [0.5, 0.6) is 0 Å². The zero-order valence-electron chi connectivity index (χ0n) is 16.3. The number of sulfone groups is 1. The zero-order valence-corrected chi connectivity index (χ0v) is 17.9. The molecule has 0 spiro atoms. The number of carbonyl (C=O) groups excluding carboxylic acids is 2. The number of ketones is 1. The molecule has 2 atom stereocenters. The molecule has 2 aromatic rings. The lowest BCUT2D eigenvalue weighted by molar-refractivity contribution is -0.119. The van der Waals surface area contributed by atoms with Gasteiger partial charge in [-0.1, -0.05) is 12.1 Å². The minimum absolute atomic E-state index is 0.170. The van der Waals surface area contributed by atoms with Gasteiger partial charge in [-0.3, -0.25) is 9.59 Å². The molecule has 29 heavy (non-hydrogen) atoms. The Morgan fingerprint density at radius 2 is 1.97 bits per heavy atom. The van der Waals surface area contributed by atoms with Crippen molar-refractivity contribution in [3.8, 4) is 0 Å². The summed E-state index contributed by atoms with van der Waals surface area (Å²) in [6.07, 6.45) is 5.60. The molecule has 1 N–H and O–H groups in total. The first kappa shape index (κ1) is 20.2. The van der Waals surface area contributed by atoms with Crippen molar-refractivity contribution >= 4 is 38.0 Å². The number of aryl methyl sites for hydroxylation is 1. The van der Waals surface area contributed by atoms with E-state index in [0.29, 0.717) is 29.3 Å². The molecule has 0 bridgehead atoms. The van der Waals surface area contributed by atoms with Crippen LogP contribution in [0, 0.1) is 12.8 Å². The fourth-order valence-electron chi connectivity index (χ4n) is 3.89. The number of nitrogens with one attached hydrogen (secondary N) is 1. The van der Waals surface area contributed by atoms with E-state index in [1.807, 2.05) is 6.92 Å². The van der Waals surface area contributed by atoms with E-state index in [0.717, 1.165) is 29.7 Å². The Balaban J connectivity index is 1.56. The summed E-state index contributed by atoms with van der Waals surface area (Å²) >= 11 is 1.41. The molecule has 0 radical (unpaired) electrons. The molecule has 2 aliphatic rings. The summed E-state index contributed by atoms with van der Waals surface area (Å²) in [5.41, 5.74) is 0.768. The first-order valence-electron chi connectivity index (χ1n) is 9.92. The van der Waals surface area contributed by atoms with Crippen LogP contribution in [0.15, 0.2) is 35.4 Å². The monoisotopic (exact) mass is 432 g/mol. The van der Waals surface area contributed by atoms with Gasteiger partial charge < -0.3 is 5.32 Å². The Bertz CT molecular complexity index is 1020. The number of rotatable bonds is 7. The molecule has 0 saturated heterocycles. The van der Waals surface area contributed by atoms with Gasteiger partial charge in [0, 0.05) is 23.9 Å². The Kier molecular flexibility index (Phi) is 5.57. The smallest absolute Gasteiger partial charge is 0.233 e. The van der Waals surface area contributed by atoms with Crippen molar-refractivity contribution in [2.75, 3.05) is 5.32 Å². The largest absolute Gasteiger partial charge is 0.301 e. The van der Waals surface area contributed by atoms with Gasteiger partial charge in [0.2, 0.25) is 5.91 Å². The first-order chi connectivity index (χ1) is 13.8. The molecular weight excluding hydrogens is 408 g/mol. The van der Waals surface area contributed by atoms with E-state index in [9.17, 15) is 18.0 Å². The highest BCUT2D eigenvalue weighted by atomic mass is 32.2. The number of anilines is 1. The van der Waals surface area contributed by atoms with Gasteiger partial charge in [-0.15, -0.1) is 11.3 Å². The number of hydrogen-bond acceptors (Lipinski definition) is 6. The van der Waals surface area contributed by atoms with Gasteiger partial charge in [-0.2, -0.15) is 0 Å². The summed E-state index contributed by atoms with van der Waals surface area (Å²) in [6, 6.07) is 6.69. The van der Waals surface area contributed by atoms with Gasteiger partial charge in [0.25, 0.3) is 0 Å². The number of amides is 1. The van der Waals surface area contributed by atoms with Gasteiger partial charge in [0.05, 0.1) is 16.1 Å². The van der Waals surface area contributed by atoms with Gasteiger partial charge >= 0.3 is 0 Å². The van der Waals surface area contributed by atoms with Crippen molar-refractivity contribution in [1.82, 2.24) is 4.98 Å². The fourth-order valence-corrected chi connectivity index (χ4v) is 6.21. The van der Waals surface area contributed by atoms with Crippen LogP contribution in [0.1, 0.15) is 54.9 Å². The number of hydrogen-bond donors (Lipinski definition) is 1. The van der Waals surface area contributed by atoms with Crippen molar-refractivity contribution in [1.29, 1.82) is 0 Å². The van der Waals surface area contributed by atoms with Crippen LogP contribution < -0.4 is 5.32 Å². The zero-order chi connectivity index (χ0) is 20.6. The minimum Gasteiger partial charge on any atom is -0.301 e. The number of benzene rings is 1. The van der Waals surface area contributed by atoms with Crippen molar-refractivity contribution in [3.63, 3.8) is 0 Å². The maximum atomic E-state index is 13.0. The number of Topliss-reactive ketones (excluding diaryl/α,β-unsaturated/α-hetero) is 1. The molecule has 2 fully saturated rings. The minimum atomic E-state index is -3.26. The van der Waals surface area contributed by atoms with E-state index in [-0.39, 0.29) is 22.9 Å². The third-order valence-corrected chi connectivity index (χ3v) is 8.77. The van der Waals surface area contributed by atoms with E-state index >= 15 is 0 Å². The van der Waals surface area contributed by atoms with Crippen molar-refractivity contribution in [2.24, 2.45) is 5.92 Å². The summed E-state index contributed by atoms with van der Waals surface area (Å²) < 4.78 is 24.9. The second-order valence-corrected chi connectivity index (χ2v) is 11.5. The highest BCUT2D eigenvalue weighted by Crippen LogP contribution is 2.36. The molecule has 154 valence electrons. The molecule has 2 unspecified atom stereocenters. The fraction of sp³-hybridized carbons (Fsp3) is 0.476. The Labute approximate surface area is 174 Å². The Morgan fingerprint density at radius 1 is 1.24 bits per heavy atom. The van der Waals surface area contributed by atoms with Gasteiger partial charge in [0.1, 0.15) is 5.78 Å². The van der Waals surface area contributed by atoms with Crippen LogP contribution in [0.2, 0.25) is 0 Å². The summed E-state index contributed by atoms with van der Waals surface area (Å²) in [4.78, 5) is 30.3. The third-order valence-electron chi connectivity index (χ3n) is 5.66. The molecule has 4 rings (SSSR count). The van der Waals surface area contributed by atoms with Crippen LogP contribution in [0.4, 0.5) is 5.13 Å². The molecular formula is C21H24N2O4S2. The Morgan fingerprint density at radius 3 is 2.52 bits per heavy atom. The maximum Gasteiger partial charge on any atom is 0.233 e. The summed E-state index contributed by atoms with van der Waals surface area (Å²) in [5, 5.41) is 3.17. The molecule has 1 amide bonds. The van der Waals surface area contributed by atoms with Crippen LogP contribution in [-0.2, 0) is 19.4 Å². The molecule has 2 saturated carbocycles. The summed E-state index contributed by atoms with van der Waals surface area (Å²) in [6.45, 7) is 1.92. The predicted molar refractivity (Wildman–Crippen MR) is 112 cm³/mol. The van der Waals surface area contributed by atoms with Crippen molar-refractivity contribution < 1.29 is 18.0 Å². The van der Waals surface area contributed by atoms with E-state index in [2.05, 4.69) is 10.3 Å². The molecule has 1 aromatic carbocycles. The van der Waals surface area contributed by atoms with E-state index in [1.54, 1.807) is 30.5 Å². The number of nitrogens with zero attached hydrogens (tertiary/aromatic N) is 1. The molecule has 0 aliphatic heterocycles. The number of aromatic nitrogens is 1. The molecule has 6 nitrogen and oxygen atoms in total. The maximum absolute atomic E-state index is 13.0. The number of carbonyl (C=O) groups is 2. The van der Waals surface area contributed by atoms with Gasteiger partial charge in [-0.25, -0.2) is 13.4 Å². The molecule has 1 aromatic heterocycles. The van der Waals surface area contributed by atoms with E-state index in [4.69, 9.17) is 0 Å². The average Bonchev–Trinajstić information content (AvgIpc) is 3.37. The second-order valence-electron chi connectivity index (χ2n) is 8.01. The lowest BCUT2D eigenvalue weighted by atomic mass is 9.87. The van der Waals surface area contributed by atoms with E-state index < -0.39 is 15.8 Å². The van der Waals surface area contributed by atoms with Crippen LogP contribution in [-0.4, -0.2) is 30.3 Å². The second kappa shape index (κ2) is 7.99. The standard InChI is InChI=1S/C21H24N2O4S2/c1-13-12-22-21(28-13)23-20(25)19(11-14-2-5-16(24)10-14)15-3-6-17(7-4-15)29(26,27)18-8-9-18/h3-4,6-7,12,14,18-19H,2,5,8-11H2,1H3,(H,22,23,25). The van der Waals surface area contributed by atoms with Crippen LogP contribution in [0.25, 0.3) is 0 Å². The predicted octanol–water partition coefficient (Wildman–Crippen LogP) is 3.87. The molecule has 2 aliphatic carbocycles. The topological polar surface area (TPSA) is 93.2 Å². The van der Waals surface area contributed by atoms with Gasteiger partial charge in [-0.05, 0) is 56.2 Å². The lowest BCUT2D eigenvalue weighted by Gasteiger charge is -2.20. The highest BCUT2D eigenvalue weighted by molar-refractivity contribution is 7.92. The third kappa shape index (κ3) is 4.59. The molecule has 8 heteroatoms. The van der Waals surface area contributed by atoms with Crippen molar-refractivity contribution in [2.45, 2.75) is 61.5 Å². The normalized spacial score (nSPS) is 20.6. The lowest BCUT2D eigenvalue weighted by Crippen LogP contribution is -2.23. The molecule has 1 heterocycles. The van der Waals surface area contributed by atoms with Gasteiger partial charge in [0.15, 0.2) is 15.0 Å². The number of thiazole rings is 1. The van der Waals surface area contributed by atoms with E-state index in [1.165, 1.54) is 11.3 Å². The average molecular weight is 433 g/mol. The summed E-state index contributed by atoms with van der Waals surface area (Å²) in [5.74, 6) is -0.203. The van der Waals surface area contributed by atoms with Crippen LogP contribution >= 0.6 is 11.3 Å². The SMILES string of the molecule is Cc1cnc(NC(=O)C(CC2CCC(=O)C2)c2ccc(S(=O)(=O)C3CC3)cc2)s1. The summed E-state index contributed by atoms with van der Waals surface area (Å²) in [7, 11) is -3.26. The Hall–Kier alpha value is -2.06.